The SMILES string of the molecule is CCC(C)(C(=O)OC1CC(C(O)(C(F)(F)F)C(F)(F)F)CC(C(OCOC)(C(F)(F)F)C(F)(F)F)C1)C(F)(F)F. The number of hydrogen-bond donors (Lipinski definition) is 1. The minimum absolute atomic E-state index is 0.187. The van der Waals surface area contributed by atoms with Crippen molar-refractivity contribution in [2.75, 3.05) is 13.9 Å². The summed E-state index contributed by atoms with van der Waals surface area (Å²) in [6, 6.07) is 0. The van der Waals surface area contributed by atoms with Crippen LogP contribution in [-0.2, 0) is 19.0 Å². The second-order valence-electron chi connectivity index (χ2n) is 9.36. The summed E-state index contributed by atoms with van der Waals surface area (Å²) in [6.45, 7) is -0.911. The summed E-state index contributed by atoms with van der Waals surface area (Å²) >= 11 is 0. The first-order valence-corrected chi connectivity index (χ1v) is 11.0. The molecule has 5 nitrogen and oxygen atoms in total. The Morgan fingerprint density at radius 2 is 1.15 bits per heavy atom. The predicted octanol–water partition coefficient (Wildman–Crippen LogP) is 6.63. The van der Waals surface area contributed by atoms with E-state index < -0.39 is 104 Å². The van der Waals surface area contributed by atoms with Crippen molar-refractivity contribution in [3.63, 3.8) is 0 Å². The van der Waals surface area contributed by atoms with Gasteiger partial charge in [-0.15, -0.1) is 0 Å². The Kier molecular flexibility index (Phi) is 10.2. The van der Waals surface area contributed by atoms with Crippen molar-refractivity contribution in [2.45, 2.75) is 87.7 Å². The van der Waals surface area contributed by atoms with Crippen LogP contribution in [0.1, 0.15) is 39.5 Å². The van der Waals surface area contributed by atoms with E-state index >= 15 is 0 Å². The summed E-state index contributed by atoms with van der Waals surface area (Å²) in [5.41, 5.74) is -15.0. The lowest BCUT2D eigenvalue weighted by Crippen LogP contribution is -2.68. The summed E-state index contributed by atoms with van der Waals surface area (Å²) in [5, 5.41) is 9.76. The number of esters is 1. The van der Waals surface area contributed by atoms with Gasteiger partial charge >= 0.3 is 36.9 Å². The van der Waals surface area contributed by atoms with E-state index in [0.717, 1.165) is 6.92 Å². The number of methoxy groups -OCH3 is 1. The van der Waals surface area contributed by atoms with Gasteiger partial charge < -0.3 is 19.3 Å². The van der Waals surface area contributed by atoms with Gasteiger partial charge in [0.15, 0.2) is 5.41 Å². The highest BCUT2D eigenvalue weighted by atomic mass is 19.4. The number of carbonyl (C=O) groups is 1. The van der Waals surface area contributed by atoms with Gasteiger partial charge in [-0.25, -0.2) is 0 Å². The molecule has 1 saturated carbocycles. The van der Waals surface area contributed by atoms with Crippen LogP contribution in [0.25, 0.3) is 0 Å². The molecule has 0 saturated heterocycles. The monoisotopic (exact) mass is 628 g/mol. The molecule has 1 N–H and O–H groups in total. The molecule has 0 aromatic rings. The normalized spacial score (nSPS) is 24.0. The third-order valence-corrected chi connectivity index (χ3v) is 7.00. The number of rotatable bonds is 8. The largest absolute Gasteiger partial charge is 0.462 e. The number of hydrogen-bond acceptors (Lipinski definition) is 5. The lowest BCUT2D eigenvalue weighted by molar-refractivity contribution is -0.420. The van der Waals surface area contributed by atoms with Crippen LogP contribution in [0.3, 0.4) is 0 Å². The van der Waals surface area contributed by atoms with Crippen molar-refractivity contribution < 1.29 is 90.0 Å². The molecular formula is C20H23F15O5. The van der Waals surface area contributed by atoms with Gasteiger partial charge in [0.2, 0.25) is 0 Å². The fraction of sp³-hybridized carbons (Fsp3) is 0.950. The second kappa shape index (κ2) is 11.2. The number of carbonyl (C=O) groups excluding carboxylic acids is 1. The summed E-state index contributed by atoms with van der Waals surface area (Å²) in [7, 11) is 0.528. The molecule has 0 aromatic heterocycles. The van der Waals surface area contributed by atoms with Crippen LogP contribution in [0.4, 0.5) is 65.9 Å². The first-order valence-electron chi connectivity index (χ1n) is 11.0. The Labute approximate surface area is 215 Å². The first kappa shape index (κ1) is 36.3. The van der Waals surface area contributed by atoms with Gasteiger partial charge in [0, 0.05) is 18.9 Å². The molecule has 0 spiro atoms. The Morgan fingerprint density at radius 1 is 0.725 bits per heavy atom. The van der Waals surface area contributed by atoms with E-state index in [1.165, 1.54) is 0 Å². The third kappa shape index (κ3) is 6.22. The Hall–Kier alpha value is -1.70. The Morgan fingerprint density at radius 3 is 1.48 bits per heavy atom. The fourth-order valence-corrected chi connectivity index (χ4v) is 4.46. The highest BCUT2D eigenvalue weighted by Crippen LogP contribution is 2.59. The molecule has 1 aliphatic rings. The predicted molar refractivity (Wildman–Crippen MR) is 100 cm³/mol. The van der Waals surface area contributed by atoms with Crippen molar-refractivity contribution in [3.05, 3.63) is 0 Å². The van der Waals surface area contributed by atoms with E-state index in [-0.39, 0.29) is 6.92 Å². The summed E-state index contributed by atoms with van der Waals surface area (Å²) in [4.78, 5) is 12.3. The van der Waals surface area contributed by atoms with Gasteiger partial charge in [0.1, 0.15) is 12.9 Å². The van der Waals surface area contributed by atoms with Crippen LogP contribution in [0.5, 0.6) is 0 Å². The fourth-order valence-electron chi connectivity index (χ4n) is 4.46. The molecular weight excluding hydrogens is 605 g/mol. The van der Waals surface area contributed by atoms with Crippen LogP contribution >= 0.6 is 0 Å². The zero-order valence-electron chi connectivity index (χ0n) is 20.5. The third-order valence-electron chi connectivity index (χ3n) is 7.00. The highest BCUT2D eigenvalue weighted by Gasteiger charge is 2.79. The van der Waals surface area contributed by atoms with E-state index in [0.29, 0.717) is 7.11 Å². The van der Waals surface area contributed by atoms with Crippen molar-refractivity contribution in [2.24, 2.45) is 17.3 Å². The summed E-state index contributed by atoms with van der Waals surface area (Å²) < 4.78 is 218. The number of ether oxygens (including phenoxy) is 3. The average Bonchev–Trinajstić information content (AvgIpc) is 2.73. The van der Waals surface area contributed by atoms with Crippen LogP contribution in [-0.4, -0.2) is 73.2 Å². The molecule has 1 fully saturated rings. The van der Waals surface area contributed by atoms with E-state index in [1.807, 2.05) is 0 Å². The molecule has 1 rings (SSSR count). The minimum Gasteiger partial charge on any atom is -0.462 e. The zero-order valence-corrected chi connectivity index (χ0v) is 20.5. The lowest BCUT2D eigenvalue weighted by Gasteiger charge is -2.50. The van der Waals surface area contributed by atoms with Crippen molar-refractivity contribution >= 4 is 5.97 Å². The maximum absolute atomic E-state index is 14.0. The van der Waals surface area contributed by atoms with Gasteiger partial charge in [-0.05, 0) is 32.6 Å². The van der Waals surface area contributed by atoms with Crippen LogP contribution in [0.2, 0.25) is 0 Å². The van der Waals surface area contributed by atoms with E-state index in [4.69, 9.17) is 0 Å². The van der Waals surface area contributed by atoms with E-state index in [1.54, 1.807) is 0 Å². The van der Waals surface area contributed by atoms with E-state index in [2.05, 4.69) is 14.2 Å². The molecule has 40 heavy (non-hydrogen) atoms. The molecule has 4 atom stereocenters. The summed E-state index contributed by atoms with van der Waals surface area (Å²) in [5.74, 6) is -9.52. The van der Waals surface area contributed by atoms with Crippen LogP contribution in [0, 0.1) is 17.3 Å². The molecule has 238 valence electrons. The molecule has 0 amide bonds. The van der Waals surface area contributed by atoms with Crippen molar-refractivity contribution in [1.82, 2.24) is 0 Å². The maximum atomic E-state index is 14.0. The van der Waals surface area contributed by atoms with Crippen LogP contribution in [0.15, 0.2) is 0 Å². The number of aliphatic hydroxyl groups is 1. The maximum Gasteiger partial charge on any atom is 0.426 e. The standard InChI is InChI=1S/C20H23F15O5/c1-4-13(2,16(21,22)23)12(36)40-11-6-9(14(37,17(24,25)26)18(27,28)29)5-10(7-11)15(19(30,31)32,20(33,34)35)39-8-38-3/h9-11,37H,4-8H2,1-3H3. The van der Waals surface area contributed by atoms with Crippen LogP contribution < -0.4 is 0 Å². The molecule has 0 radical (unpaired) electrons. The second-order valence-corrected chi connectivity index (χ2v) is 9.36. The zero-order chi connectivity index (χ0) is 32.0. The highest BCUT2D eigenvalue weighted by molar-refractivity contribution is 5.77. The van der Waals surface area contributed by atoms with Gasteiger partial charge in [-0.1, -0.05) is 6.92 Å². The van der Waals surface area contributed by atoms with Gasteiger partial charge in [-0.3, -0.25) is 4.79 Å². The van der Waals surface area contributed by atoms with Gasteiger partial charge in [0.05, 0.1) is 0 Å². The topological polar surface area (TPSA) is 65.0 Å². The molecule has 0 heterocycles. The molecule has 20 heteroatoms. The van der Waals surface area contributed by atoms with Crippen molar-refractivity contribution in [1.29, 1.82) is 0 Å². The van der Waals surface area contributed by atoms with E-state index in [9.17, 15) is 75.8 Å². The smallest absolute Gasteiger partial charge is 0.426 e. The Bertz CT molecular complexity index is 846. The van der Waals surface area contributed by atoms with Gasteiger partial charge in [-0.2, -0.15) is 65.9 Å². The first-order chi connectivity index (χ1) is 17.6. The van der Waals surface area contributed by atoms with Gasteiger partial charge in [0.25, 0.3) is 11.2 Å². The minimum atomic E-state index is -6.76. The molecule has 0 bridgehead atoms. The molecule has 0 aliphatic heterocycles. The molecule has 4 unspecified atom stereocenters. The molecule has 1 aliphatic carbocycles. The number of halogens is 15. The number of alkyl halides is 15. The quantitative estimate of drug-likeness (QED) is 0.186. The summed E-state index contributed by atoms with van der Waals surface area (Å²) in [6.07, 6.45) is -42.3. The average molecular weight is 628 g/mol. The molecule has 0 aromatic carbocycles. The van der Waals surface area contributed by atoms with Crippen molar-refractivity contribution in [3.8, 4) is 0 Å². The Balaban J connectivity index is 3.90. The lowest BCUT2D eigenvalue weighted by atomic mass is 9.65.